The Labute approximate surface area is 117 Å². The van der Waals surface area contributed by atoms with Crippen molar-refractivity contribution < 1.29 is 4.74 Å². The van der Waals surface area contributed by atoms with Crippen molar-refractivity contribution in [2.45, 2.75) is 45.3 Å². The molecule has 0 spiro atoms. The summed E-state index contributed by atoms with van der Waals surface area (Å²) in [6.45, 7) is 4.00. The highest BCUT2D eigenvalue weighted by Crippen LogP contribution is 2.31. The molecule has 0 aliphatic carbocycles. The molecule has 2 atom stereocenters. The minimum Gasteiger partial charge on any atom is -0.474 e. The highest BCUT2D eigenvalue weighted by atomic mass is 79.9. The van der Waals surface area contributed by atoms with E-state index in [-0.39, 0.29) is 6.04 Å². The summed E-state index contributed by atoms with van der Waals surface area (Å²) >= 11 is 3.47. The van der Waals surface area contributed by atoms with Gasteiger partial charge in [0.25, 0.3) is 0 Å². The van der Waals surface area contributed by atoms with Gasteiger partial charge < -0.3 is 10.5 Å². The van der Waals surface area contributed by atoms with Crippen molar-refractivity contribution in [3.05, 3.63) is 28.2 Å². The molecule has 0 bridgehead atoms. The zero-order valence-corrected chi connectivity index (χ0v) is 12.4. The second kappa shape index (κ2) is 7.40. The number of nitrogens with zero attached hydrogens (tertiary/aromatic N) is 1. The zero-order chi connectivity index (χ0) is 13.5. The number of para-hydroxylation sites is 1. The number of rotatable bonds is 6. The van der Waals surface area contributed by atoms with Crippen LogP contribution in [0.15, 0.2) is 22.7 Å². The van der Waals surface area contributed by atoms with Crippen molar-refractivity contribution in [3.63, 3.8) is 0 Å². The zero-order valence-electron chi connectivity index (χ0n) is 10.8. The lowest BCUT2D eigenvalue weighted by molar-refractivity contribution is 0.247. The number of benzene rings is 1. The van der Waals surface area contributed by atoms with Crippen LogP contribution in [-0.2, 0) is 6.42 Å². The van der Waals surface area contributed by atoms with E-state index in [0.717, 1.165) is 28.6 Å². The summed E-state index contributed by atoms with van der Waals surface area (Å²) in [5, 5.41) is 8.98. The minimum atomic E-state index is -0.416. The van der Waals surface area contributed by atoms with Crippen molar-refractivity contribution in [2.24, 2.45) is 5.73 Å². The maximum absolute atomic E-state index is 8.98. The summed E-state index contributed by atoms with van der Waals surface area (Å²) in [5.41, 5.74) is 7.03. The van der Waals surface area contributed by atoms with Gasteiger partial charge in [0.2, 0.25) is 0 Å². The molecule has 0 saturated heterocycles. The first-order valence-electron chi connectivity index (χ1n) is 6.21. The first-order chi connectivity index (χ1) is 8.62. The van der Waals surface area contributed by atoms with Gasteiger partial charge in [-0.1, -0.05) is 26.0 Å². The Bertz CT molecular complexity index is 428. The number of halogens is 1. The molecule has 3 nitrogen and oxygen atoms in total. The Morgan fingerprint density at radius 1 is 1.39 bits per heavy atom. The van der Waals surface area contributed by atoms with Crippen LogP contribution >= 0.6 is 15.9 Å². The van der Waals surface area contributed by atoms with Crippen LogP contribution in [0.25, 0.3) is 0 Å². The molecule has 0 heterocycles. The molecule has 2 unspecified atom stereocenters. The quantitative estimate of drug-likeness (QED) is 0.876. The fraction of sp³-hybridized carbons (Fsp3) is 0.500. The molecule has 18 heavy (non-hydrogen) atoms. The second-order valence-electron chi connectivity index (χ2n) is 4.24. The van der Waals surface area contributed by atoms with Crippen LogP contribution in [-0.4, -0.2) is 12.1 Å². The molecular weight excluding hydrogens is 292 g/mol. The predicted molar refractivity (Wildman–Crippen MR) is 76.4 cm³/mol. The van der Waals surface area contributed by atoms with E-state index in [2.05, 4.69) is 28.9 Å². The second-order valence-corrected chi connectivity index (χ2v) is 5.10. The Balaban J connectivity index is 2.97. The first kappa shape index (κ1) is 15.0. The lowest BCUT2D eigenvalue weighted by Gasteiger charge is -2.17. The number of hydrogen-bond donors (Lipinski definition) is 1. The van der Waals surface area contributed by atoms with Crippen LogP contribution in [0, 0.1) is 11.3 Å². The average molecular weight is 311 g/mol. The predicted octanol–water partition coefficient (Wildman–Crippen LogP) is 3.41. The van der Waals surface area contributed by atoms with Crippen molar-refractivity contribution in [2.75, 3.05) is 0 Å². The Morgan fingerprint density at radius 3 is 2.67 bits per heavy atom. The van der Waals surface area contributed by atoms with E-state index in [1.165, 1.54) is 0 Å². The number of nitriles is 1. The van der Waals surface area contributed by atoms with Gasteiger partial charge in [-0.2, -0.15) is 5.26 Å². The summed E-state index contributed by atoms with van der Waals surface area (Å²) in [7, 11) is 0. The lowest BCUT2D eigenvalue weighted by Crippen LogP contribution is -2.22. The molecule has 1 aromatic rings. The van der Waals surface area contributed by atoms with Crippen LogP contribution in [0.5, 0.6) is 5.75 Å². The van der Waals surface area contributed by atoms with Gasteiger partial charge in [-0.15, -0.1) is 0 Å². The van der Waals surface area contributed by atoms with E-state index in [1.807, 2.05) is 25.1 Å². The molecule has 0 fully saturated rings. The van der Waals surface area contributed by atoms with Crippen LogP contribution in [0.1, 0.15) is 32.3 Å². The highest BCUT2D eigenvalue weighted by molar-refractivity contribution is 9.10. The fourth-order valence-electron chi connectivity index (χ4n) is 1.62. The van der Waals surface area contributed by atoms with Crippen molar-refractivity contribution in [1.82, 2.24) is 0 Å². The highest BCUT2D eigenvalue weighted by Gasteiger charge is 2.14. The van der Waals surface area contributed by atoms with Crippen LogP contribution in [0.3, 0.4) is 0 Å². The van der Waals surface area contributed by atoms with E-state index in [1.54, 1.807) is 0 Å². The number of hydrogen-bond acceptors (Lipinski definition) is 3. The average Bonchev–Trinajstić information content (AvgIpc) is 2.38. The summed E-state index contributed by atoms with van der Waals surface area (Å²) in [6, 6.07) is 8.14. The molecule has 1 aromatic carbocycles. The molecule has 98 valence electrons. The van der Waals surface area contributed by atoms with E-state index < -0.39 is 6.10 Å². The summed E-state index contributed by atoms with van der Waals surface area (Å²) in [4.78, 5) is 0. The van der Waals surface area contributed by atoms with Crippen molar-refractivity contribution in [1.29, 1.82) is 5.26 Å². The molecule has 1 rings (SSSR count). The van der Waals surface area contributed by atoms with Gasteiger partial charge in [-0.3, -0.25) is 0 Å². The monoisotopic (exact) mass is 310 g/mol. The molecule has 0 aromatic heterocycles. The normalized spacial score (nSPS) is 13.7. The molecule has 0 aliphatic rings. The smallest absolute Gasteiger partial charge is 0.184 e. The van der Waals surface area contributed by atoms with Gasteiger partial charge in [0, 0.05) is 6.04 Å². The summed E-state index contributed by atoms with van der Waals surface area (Å²) in [6.07, 6.45) is 1.92. The van der Waals surface area contributed by atoms with Crippen LogP contribution < -0.4 is 10.5 Å². The van der Waals surface area contributed by atoms with Gasteiger partial charge in [0.1, 0.15) is 11.8 Å². The van der Waals surface area contributed by atoms with Crippen LogP contribution in [0.4, 0.5) is 0 Å². The number of nitrogens with two attached hydrogens (primary N) is 1. The molecule has 0 aliphatic heterocycles. The topological polar surface area (TPSA) is 59.0 Å². The van der Waals surface area contributed by atoms with Gasteiger partial charge in [-0.05, 0) is 46.8 Å². The van der Waals surface area contributed by atoms with Gasteiger partial charge >= 0.3 is 0 Å². The van der Waals surface area contributed by atoms with E-state index in [0.29, 0.717) is 6.42 Å². The van der Waals surface area contributed by atoms with Crippen molar-refractivity contribution in [3.8, 4) is 11.8 Å². The number of ether oxygens (including phenoxy) is 1. The third-order valence-electron chi connectivity index (χ3n) is 2.83. The maximum Gasteiger partial charge on any atom is 0.184 e. The third-order valence-corrected chi connectivity index (χ3v) is 3.45. The van der Waals surface area contributed by atoms with Gasteiger partial charge in [0.15, 0.2) is 6.10 Å². The molecular formula is C14H19BrN2O. The van der Waals surface area contributed by atoms with E-state index >= 15 is 0 Å². The van der Waals surface area contributed by atoms with Crippen LogP contribution in [0.2, 0.25) is 0 Å². The summed E-state index contributed by atoms with van der Waals surface area (Å²) in [5.74, 6) is 0.745. The standard InChI is InChI=1S/C14H19BrN2O/c1-3-11(17)8-10-6-5-7-13(15)14(10)18-12(4-2)9-16/h5-7,11-12H,3-4,8,17H2,1-2H3. The summed E-state index contributed by atoms with van der Waals surface area (Å²) < 4.78 is 6.63. The largest absolute Gasteiger partial charge is 0.474 e. The molecule has 4 heteroatoms. The van der Waals surface area contributed by atoms with E-state index in [4.69, 9.17) is 15.7 Å². The fourth-order valence-corrected chi connectivity index (χ4v) is 2.12. The molecule has 0 amide bonds. The maximum atomic E-state index is 8.98. The van der Waals surface area contributed by atoms with Gasteiger partial charge in [0.05, 0.1) is 4.47 Å². The third kappa shape index (κ3) is 4.01. The Kier molecular flexibility index (Phi) is 6.17. The minimum absolute atomic E-state index is 0.115. The SMILES string of the molecule is CCC(N)Cc1cccc(Br)c1OC(C#N)CC. The Hall–Kier alpha value is -1.05. The van der Waals surface area contributed by atoms with Gasteiger partial charge in [-0.25, -0.2) is 0 Å². The lowest BCUT2D eigenvalue weighted by atomic mass is 10.0. The molecule has 0 radical (unpaired) electrons. The first-order valence-corrected chi connectivity index (χ1v) is 7.00. The van der Waals surface area contributed by atoms with E-state index in [9.17, 15) is 0 Å². The Morgan fingerprint density at radius 2 is 2.11 bits per heavy atom. The van der Waals surface area contributed by atoms with Crippen molar-refractivity contribution >= 4 is 15.9 Å². The molecule has 0 saturated carbocycles. The molecule has 2 N–H and O–H groups in total.